The fourth-order valence-corrected chi connectivity index (χ4v) is 4.22. The molecule has 0 aliphatic heterocycles. The van der Waals surface area contributed by atoms with E-state index in [4.69, 9.17) is 4.74 Å². The second-order valence-corrected chi connectivity index (χ2v) is 8.69. The van der Waals surface area contributed by atoms with Gasteiger partial charge in [-0.25, -0.2) is 0 Å². The van der Waals surface area contributed by atoms with Gasteiger partial charge >= 0.3 is 0 Å². The van der Waals surface area contributed by atoms with Crippen LogP contribution in [0.4, 0.5) is 17.1 Å². The van der Waals surface area contributed by atoms with Gasteiger partial charge in [-0.2, -0.15) is 0 Å². The van der Waals surface area contributed by atoms with Crippen LogP contribution < -0.4 is 9.64 Å². The summed E-state index contributed by atoms with van der Waals surface area (Å²) in [7, 11) is 0. The highest BCUT2D eigenvalue weighted by Crippen LogP contribution is 2.36. The second-order valence-electron chi connectivity index (χ2n) is 8.69. The van der Waals surface area contributed by atoms with E-state index in [0.29, 0.717) is 0 Å². The third kappa shape index (κ3) is 6.51. The van der Waals surface area contributed by atoms with Crippen molar-refractivity contribution in [3.05, 3.63) is 109 Å². The fraction of sp³-hybridized carbons (Fsp3) is 0.250. The number of para-hydroxylation sites is 1. The maximum absolute atomic E-state index is 6.00. The molecule has 0 aliphatic rings. The highest BCUT2D eigenvalue weighted by Gasteiger charge is 2.12. The van der Waals surface area contributed by atoms with Gasteiger partial charge in [0.25, 0.3) is 0 Å². The molecule has 34 heavy (non-hydrogen) atoms. The summed E-state index contributed by atoms with van der Waals surface area (Å²) in [5, 5.41) is 0. The van der Waals surface area contributed by atoms with Crippen LogP contribution in [0.15, 0.2) is 109 Å². The molecule has 4 rings (SSSR count). The Hall–Kier alpha value is -3.52. The van der Waals surface area contributed by atoms with Crippen molar-refractivity contribution in [3.8, 4) is 16.9 Å². The van der Waals surface area contributed by atoms with Crippen LogP contribution in [0, 0.1) is 0 Å². The predicted molar refractivity (Wildman–Crippen MR) is 145 cm³/mol. The maximum atomic E-state index is 6.00. The number of unbranched alkanes of at least 4 members (excludes halogenated alkanes) is 5. The average molecular weight is 450 g/mol. The predicted octanol–water partition coefficient (Wildman–Crippen LogP) is 9.56. The lowest BCUT2D eigenvalue weighted by Gasteiger charge is -2.26. The molecule has 4 aromatic rings. The SMILES string of the molecule is CCCCCCCCOc1ccc(N(c2ccccc2)c2ccc(-c3ccccc3)cc2)cc1. The second kappa shape index (κ2) is 12.6. The van der Waals surface area contributed by atoms with Crippen molar-refractivity contribution in [3.63, 3.8) is 0 Å². The van der Waals surface area contributed by atoms with E-state index in [1.54, 1.807) is 0 Å². The topological polar surface area (TPSA) is 12.5 Å². The van der Waals surface area contributed by atoms with Crippen molar-refractivity contribution in [2.75, 3.05) is 11.5 Å². The minimum absolute atomic E-state index is 0.787. The van der Waals surface area contributed by atoms with E-state index in [1.165, 1.54) is 43.2 Å². The molecule has 0 radical (unpaired) electrons. The Morgan fingerprint density at radius 2 is 1.00 bits per heavy atom. The van der Waals surface area contributed by atoms with Gasteiger partial charge in [-0.3, -0.25) is 0 Å². The molecule has 0 aliphatic carbocycles. The first-order valence-corrected chi connectivity index (χ1v) is 12.6. The first-order chi connectivity index (χ1) is 16.8. The third-order valence-electron chi connectivity index (χ3n) is 6.11. The van der Waals surface area contributed by atoms with Gasteiger partial charge in [0.1, 0.15) is 5.75 Å². The van der Waals surface area contributed by atoms with Crippen LogP contribution in [0.2, 0.25) is 0 Å². The van der Waals surface area contributed by atoms with Gasteiger partial charge in [-0.05, 0) is 66.1 Å². The number of anilines is 3. The molecule has 2 nitrogen and oxygen atoms in total. The smallest absolute Gasteiger partial charge is 0.119 e. The Bertz CT molecular complexity index is 1090. The number of rotatable bonds is 12. The van der Waals surface area contributed by atoms with E-state index in [0.717, 1.165) is 35.8 Å². The van der Waals surface area contributed by atoms with Crippen LogP contribution in [0.25, 0.3) is 11.1 Å². The van der Waals surface area contributed by atoms with Gasteiger partial charge in [-0.15, -0.1) is 0 Å². The molecule has 174 valence electrons. The molecule has 0 spiro atoms. The summed E-state index contributed by atoms with van der Waals surface area (Å²) in [5.74, 6) is 0.935. The summed E-state index contributed by atoms with van der Waals surface area (Å²) in [6.07, 6.45) is 7.65. The van der Waals surface area contributed by atoms with Crippen LogP contribution in [0.3, 0.4) is 0 Å². The van der Waals surface area contributed by atoms with Crippen LogP contribution in [0.1, 0.15) is 45.4 Å². The summed E-state index contributed by atoms with van der Waals surface area (Å²) >= 11 is 0. The van der Waals surface area contributed by atoms with Crippen LogP contribution in [-0.4, -0.2) is 6.61 Å². The number of benzene rings is 4. The lowest BCUT2D eigenvalue weighted by Crippen LogP contribution is -2.09. The Morgan fingerprint density at radius 3 is 1.65 bits per heavy atom. The first-order valence-electron chi connectivity index (χ1n) is 12.6. The quantitative estimate of drug-likeness (QED) is 0.200. The lowest BCUT2D eigenvalue weighted by molar-refractivity contribution is 0.304. The van der Waals surface area contributed by atoms with Crippen LogP contribution in [-0.2, 0) is 0 Å². The molecule has 0 saturated carbocycles. The van der Waals surface area contributed by atoms with Crippen molar-refractivity contribution >= 4 is 17.1 Å². The highest BCUT2D eigenvalue weighted by molar-refractivity contribution is 5.78. The normalized spacial score (nSPS) is 10.7. The largest absolute Gasteiger partial charge is 0.494 e. The van der Waals surface area contributed by atoms with Crippen molar-refractivity contribution < 1.29 is 4.74 Å². The summed E-state index contributed by atoms with van der Waals surface area (Å²) in [6.45, 7) is 3.04. The summed E-state index contributed by atoms with van der Waals surface area (Å²) in [4.78, 5) is 2.28. The molecule has 0 saturated heterocycles. The minimum atomic E-state index is 0.787. The molecule has 2 heteroatoms. The molecule has 0 bridgehead atoms. The molecule has 4 aromatic carbocycles. The number of nitrogens with zero attached hydrogens (tertiary/aromatic N) is 1. The lowest BCUT2D eigenvalue weighted by atomic mass is 10.0. The molecule has 0 amide bonds. The van der Waals surface area contributed by atoms with Gasteiger partial charge in [0.05, 0.1) is 6.61 Å². The Morgan fingerprint density at radius 1 is 0.500 bits per heavy atom. The molecule has 0 atom stereocenters. The molecular weight excluding hydrogens is 414 g/mol. The number of ether oxygens (including phenoxy) is 1. The monoisotopic (exact) mass is 449 g/mol. The molecule has 0 aromatic heterocycles. The van der Waals surface area contributed by atoms with E-state index in [1.807, 2.05) is 0 Å². The van der Waals surface area contributed by atoms with Gasteiger partial charge in [0, 0.05) is 17.1 Å². The summed E-state index contributed by atoms with van der Waals surface area (Å²) < 4.78 is 6.00. The van der Waals surface area contributed by atoms with E-state index >= 15 is 0 Å². The van der Waals surface area contributed by atoms with Crippen molar-refractivity contribution in [1.29, 1.82) is 0 Å². The van der Waals surface area contributed by atoms with E-state index in [9.17, 15) is 0 Å². The average Bonchev–Trinajstić information content (AvgIpc) is 2.91. The minimum Gasteiger partial charge on any atom is -0.494 e. The zero-order chi connectivity index (χ0) is 23.4. The third-order valence-corrected chi connectivity index (χ3v) is 6.11. The van der Waals surface area contributed by atoms with Crippen molar-refractivity contribution in [2.45, 2.75) is 45.4 Å². The zero-order valence-corrected chi connectivity index (χ0v) is 20.2. The van der Waals surface area contributed by atoms with Gasteiger partial charge in [0.2, 0.25) is 0 Å². The van der Waals surface area contributed by atoms with Crippen molar-refractivity contribution in [1.82, 2.24) is 0 Å². The Balaban J connectivity index is 1.47. The maximum Gasteiger partial charge on any atom is 0.119 e. The first kappa shape index (κ1) is 23.6. The summed E-state index contributed by atoms with van der Waals surface area (Å²) in [5.41, 5.74) is 5.83. The molecular formula is C32H35NO. The van der Waals surface area contributed by atoms with Crippen LogP contribution >= 0.6 is 0 Å². The van der Waals surface area contributed by atoms with Gasteiger partial charge < -0.3 is 9.64 Å². The standard InChI is InChI=1S/C32H35NO/c1-2-3-4-5-6-13-26-34-32-24-22-31(23-25-32)33(29-16-11-8-12-17-29)30-20-18-28(19-21-30)27-14-9-7-10-15-27/h7-12,14-25H,2-6,13,26H2,1H3. The van der Waals surface area contributed by atoms with E-state index < -0.39 is 0 Å². The van der Waals surface area contributed by atoms with Crippen LogP contribution in [0.5, 0.6) is 5.75 Å². The van der Waals surface area contributed by atoms with E-state index in [2.05, 4.69) is 121 Å². The van der Waals surface area contributed by atoms with Gasteiger partial charge in [0.15, 0.2) is 0 Å². The highest BCUT2D eigenvalue weighted by atomic mass is 16.5. The molecule has 0 heterocycles. The Labute approximate surface area is 204 Å². The summed E-state index contributed by atoms with van der Waals surface area (Å²) in [6, 6.07) is 38.3. The Kier molecular flexibility index (Phi) is 8.79. The van der Waals surface area contributed by atoms with Gasteiger partial charge in [-0.1, -0.05) is 99.7 Å². The van der Waals surface area contributed by atoms with E-state index in [-0.39, 0.29) is 0 Å². The molecule has 0 unspecified atom stereocenters. The fourth-order valence-electron chi connectivity index (χ4n) is 4.22. The number of hydrogen-bond donors (Lipinski definition) is 0. The zero-order valence-electron chi connectivity index (χ0n) is 20.2. The number of hydrogen-bond acceptors (Lipinski definition) is 2. The molecule has 0 fully saturated rings. The van der Waals surface area contributed by atoms with Crippen molar-refractivity contribution in [2.24, 2.45) is 0 Å². The molecule has 0 N–H and O–H groups in total.